The number of carbonyl (C=O) groups is 1. The molecule has 4 nitrogen and oxygen atoms in total. The molecule has 2 unspecified atom stereocenters. The highest BCUT2D eigenvalue weighted by molar-refractivity contribution is 9.10. The van der Waals surface area contributed by atoms with Crippen LogP contribution in [0, 0.1) is 5.92 Å². The lowest BCUT2D eigenvalue weighted by molar-refractivity contribution is -0.124. The minimum atomic E-state index is 0.179. The summed E-state index contributed by atoms with van der Waals surface area (Å²) in [6.45, 7) is 2.70. The van der Waals surface area contributed by atoms with E-state index in [0.29, 0.717) is 6.04 Å². The molecular weight excluding hydrogens is 306 g/mol. The normalized spacial score (nSPS) is 27.1. The van der Waals surface area contributed by atoms with Gasteiger partial charge in [-0.25, -0.2) is 0 Å². The van der Waals surface area contributed by atoms with E-state index in [-0.39, 0.29) is 11.8 Å². The van der Waals surface area contributed by atoms with E-state index < -0.39 is 0 Å². The molecule has 0 aliphatic carbocycles. The fourth-order valence-corrected chi connectivity index (χ4v) is 3.80. The average Bonchev–Trinajstić information content (AvgIpc) is 2.71. The Morgan fingerprint density at radius 1 is 1.42 bits per heavy atom. The van der Waals surface area contributed by atoms with Crippen LogP contribution in [0.2, 0.25) is 0 Å². The monoisotopic (exact) mass is 323 g/mol. The lowest BCUT2D eigenvalue weighted by atomic mass is 9.91. The van der Waals surface area contributed by atoms with Crippen LogP contribution in [0.1, 0.15) is 18.4 Å². The minimum Gasteiger partial charge on any atom is -0.399 e. The largest absolute Gasteiger partial charge is 0.399 e. The van der Waals surface area contributed by atoms with Gasteiger partial charge in [-0.15, -0.1) is 0 Å². The first-order chi connectivity index (χ1) is 9.13. The van der Waals surface area contributed by atoms with Crippen molar-refractivity contribution in [3.8, 4) is 0 Å². The topological polar surface area (TPSA) is 58.4 Å². The number of hydrogen-bond donors (Lipinski definition) is 2. The predicted molar refractivity (Wildman–Crippen MR) is 78.5 cm³/mol. The number of nitrogen functional groups attached to an aromatic ring is 1. The molecule has 2 fully saturated rings. The van der Waals surface area contributed by atoms with Crippen molar-refractivity contribution < 1.29 is 4.79 Å². The Morgan fingerprint density at radius 3 is 3.05 bits per heavy atom. The third-order valence-electron chi connectivity index (χ3n) is 4.08. The van der Waals surface area contributed by atoms with E-state index >= 15 is 0 Å². The highest BCUT2D eigenvalue weighted by atomic mass is 79.9. The van der Waals surface area contributed by atoms with Crippen LogP contribution in [0.5, 0.6) is 0 Å². The average molecular weight is 324 g/mol. The van der Waals surface area contributed by atoms with Gasteiger partial charge in [0.15, 0.2) is 0 Å². The first kappa shape index (κ1) is 12.9. The third-order valence-corrected chi connectivity index (χ3v) is 4.54. The number of piperidine rings is 1. The second-order valence-corrected chi connectivity index (χ2v) is 6.34. The Balaban J connectivity index is 1.77. The Labute approximate surface area is 121 Å². The molecule has 3 N–H and O–H groups in total. The number of rotatable bonds is 2. The summed E-state index contributed by atoms with van der Waals surface area (Å²) in [5.41, 5.74) is 7.86. The van der Waals surface area contributed by atoms with E-state index in [1.54, 1.807) is 0 Å². The van der Waals surface area contributed by atoms with Gasteiger partial charge in [0.05, 0.1) is 5.92 Å². The Hall–Kier alpha value is -1.07. The maximum absolute atomic E-state index is 11.7. The highest BCUT2D eigenvalue weighted by Crippen LogP contribution is 2.29. The van der Waals surface area contributed by atoms with Gasteiger partial charge in [-0.1, -0.05) is 15.9 Å². The molecule has 3 rings (SSSR count). The summed E-state index contributed by atoms with van der Waals surface area (Å²) >= 11 is 3.48. The van der Waals surface area contributed by atoms with E-state index in [2.05, 4.69) is 32.2 Å². The summed E-state index contributed by atoms with van der Waals surface area (Å²) in [4.78, 5) is 14.2. The molecular formula is C14H18BrN3O. The lowest BCUT2D eigenvalue weighted by Gasteiger charge is -2.35. The first-order valence-electron chi connectivity index (χ1n) is 6.70. The van der Waals surface area contributed by atoms with E-state index in [1.165, 1.54) is 5.56 Å². The quantitative estimate of drug-likeness (QED) is 0.815. The van der Waals surface area contributed by atoms with Crippen LogP contribution in [0.25, 0.3) is 0 Å². The molecule has 102 valence electrons. The van der Waals surface area contributed by atoms with Crippen LogP contribution in [-0.2, 0) is 11.3 Å². The molecule has 0 spiro atoms. The fraction of sp³-hybridized carbons (Fsp3) is 0.500. The molecule has 1 aromatic rings. The molecule has 2 heterocycles. The third kappa shape index (κ3) is 2.62. The lowest BCUT2D eigenvalue weighted by Crippen LogP contribution is -2.44. The van der Waals surface area contributed by atoms with Crippen LogP contribution in [0.15, 0.2) is 22.7 Å². The zero-order chi connectivity index (χ0) is 13.4. The van der Waals surface area contributed by atoms with Gasteiger partial charge in [-0.3, -0.25) is 9.69 Å². The summed E-state index contributed by atoms with van der Waals surface area (Å²) in [5.74, 6) is 0.404. The van der Waals surface area contributed by atoms with Gasteiger partial charge in [0.25, 0.3) is 0 Å². The molecule has 2 aliphatic rings. The smallest absolute Gasteiger partial charge is 0.224 e. The number of nitrogens with two attached hydrogens (primary N) is 1. The number of carbonyl (C=O) groups excluding carboxylic acids is 1. The number of fused-ring (bicyclic) bond motifs is 1. The van der Waals surface area contributed by atoms with E-state index in [1.807, 2.05) is 12.1 Å². The van der Waals surface area contributed by atoms with E-state index in [0.717, 1.165) is 42.6 Å². The van der Waals surface area contributed by atoms with Gasteiger partial charge in [-0.2, -0.15) is 0 Å². The van der Waals surface area contributed by atoms with E-state index in [4.69, 9.17) is 5.73 Å². The molecule has 2 atom stereocenters. The van der Waals surface area contributed by atoms with Crippen molar-refractivity contribution in [3.63, 3.8) is 0 Å². The predicted octanol–water partition coefficient (Wildman–Crippen LogP) is 1.74. The standard InChI is InChI=1S/C14H18BrN3O/c15-10-4-9(5-11(16)6-10)8-18-3-1-2-12-13(18)7-17-14(12)19/h4-6,12-13H,1-3,7-8,16H2,(H,17,19). The van der Waals surface area contributed by atoms with Crippen molar-refractivity contribution in [1.82, 2.24) is 10.2 Å². The van der Waals surface area contributed by atoms with Crippen LogP contribution in [-0.4, -0.2) is 29.9 Å². The summed E-state index contributed by atoms with van der Waals surface area (Å²) in [6, 6.07) is 6.37. The maximum Gasteiger partial charge on any atom is 0.224 e. The van der Waals surface area contributed by atoms with Gasteiger partial charge >= 0.3 is 0 Å². The first-order valence-corrected chi connectivity index (χ1v) is 7.49. The summed E-state index contributed by atoms with van der Waals surface area (Å²) in [7, 11) is 0. The number of likely N-dealkylation sites (tertiary alicyclic amines) is 1. The summed E-state index contributed by atoms with van der Waals surface area (Å²) in [6.07, 6.45) is 2.12. The van der Waals surface area contributed by atoms with E-state index in [9.17, 15) is 4.79 Å². The number of amides is 1. The molecule has 2 saturated heterocycles. The molecule has 2 aliphatic heterocycles. The van der Waals surface area contributed by atoms with Crippen molar-refractivity contribution in [2.24, 2.45) is 5.92 Å². The molecule has 19 heavy (non-hydrogen) atoms. The second-order valence-electron chi connectivity index (χ2n) is 5.42. The van der Waals surface area contributed by atoms with Crippen LogP contribution in [0.3, 0.4) is 0 Å². The Kier molecular flexibility index (Phi) is 3.50. The second kappa shape index (κ2) is 5.13. The van der Waals surface area contributed by atoms with Gasteiger partial charge in [-0.05, 0) is 43.1 Å². The molecule has 0 bridgehead atoms. The molecule has 1 aromatic carbocycles. The van der Waals surface area contributed by atoms with Crippen molar-refractivity contribution in [1.29, 1.82) is 0 Å². The molecule has 0 radical (unpaired) electrons. The van der Waals surface area contributed by atoms with Crippen molar-refractivity contribution >= 4 is 27.5 Å². The summed E-state index contributed by atoms with van der Waals surface area (Å²) in [5, 5.41) is 2.99. The SMILES string of the molecule is Nc1cc(Br)cc(CN2CCCC3C(=O)NCC32)c1. The number of nitrogens with zero attached hydrogens (tertiary/aromatic N) is 1. The number of benzene rings is 1. The van der Waals surface area contributed by atoms with Gasteiger partial charge in [0.1, 0.15) is 0 Å². The van der Waals surface area contributed by atoms with Crippen molar-refractivity contribution in [2.75, 3.05) is 18.8 Å². The van der Waals surface area contributed by atoms with Crippen molar-refractivity contribution in [2.45, 2.75) is 25.4 Å². The van der Waals surface area contributed by atoms with Gasteiger partial charge in [0.2, 0.25) is 5.91 Å². The Morgan fingerprint density at radius 2 is 2.26 bits per heavy atom. The van der Waals surface area contributed by atoms with Crippen molar-refractivity contribution in [3.05, 3.63) is 28.2 Å². The summed E-state index contributed by atoms with van der Waals surface area (Å²) < 4.78 is 1.01. The maximum atomic E-state index is 11.7. The van der Waals surface area contributed by atoms with Crippen LogP contribution >= 0.6 is 15.9 Å². The number of anilines is 1. The van der Waals surface area contributed by atoms with Crippen LogP contribution in [0.4, 0.5) is 5.69 Å². The number of hydrogen-bond acceptors (Lipinski definition) is 3. The van der Waals surface area contributed by atoms with Gasteiger partial charge in [0, 0.05) is 29.3 Å². The number of halogens is 1. The number of nitrogens with one attached hydrogen (secondary N) is 1. The van der Waals surface area contributed by atoms with Crippen LogP contribution < -0.4 is 11.1 Å². The van der Waals surface area contributed by atoms with Gasteiger partial charge < -0.3 is 11.1 Å². The molecule has 5 heteroatoms. The highest BCUT2D eigenvalue weighted by Gasteiger charge is 2.40. The zero-order valence-electron chi connectivity index (χ0n) is 10.7. The molecule has 0 aromatic heterocycles. The Bertz CT molecular complexity index is 485. The molecule has 1 amide bonds. The minimum absolute atomic E-state index is 0.179. The molecule has 0 saturated carbocycles. The fourth-order valence-electron chi connectivity index (χ4n) is 3.24. The zero-order valence-corrected chi connectivity index (χ0v) is 12.3.